The maximum absolute atomic E-state index is 13.8. The first-order valence-corrected chi connectivity index (χ1v) is 16.6. The van der Waals surface area contributed by atoms with Crippen molar-refractivity contribution in [1.29, 1.82) is 0 Å². The number of pyridine rings is 1. The van der Waals surface area contributed by atoms with Gasteiger partial charge in [0.1, 0.15) is 13.2 Å². The Morgan fingerprint density at radius 2 is 1.71 bits per heavy atom. The maximum Gasteiger partial charge on any atom is 0.262 e. The summed E-state index contributed by atoms with van der Waals surface area (Å²) in [5.41, 5.74) is 4.40. The first-order chi connectivity index (χ1) is 21.7. The molecule has 0 radical (unpaired) electrons. The molecule has 1 aromatic heterocycles. The zero-order chi connectivity index (χ0) is 31.1. The van der Waals surface area contributed by atoms with Crippen molar-refractivity contribution in [2.24, 2.45) is 5.92 Å². The van der Waals surface area contributed by atoms with Crippen LogP contribution in [0.4, 0.5) is 11.4 Å². The van der Waals surface area contributed by atoms with Crippen LogP contribution in [-0.2, 0) is 23.1 Å². The number of amides is 1. The fourth-order valence-corrected chi connectivity index (χ4v) is 7.59. The van der Waals surface area contributed by atoms with E-state index >= 15 is 0 Å². The van der Waals surface area contributed by atoms with Crippen LogP contribution in [-0.4, -0.2) is 45.2 Å². The van der Waals surface area contributed by atoms with E-state index in [0.29, 0.717) is 67.8 Å². The number of nitrogens with zero attached hydrogens (tertiary/aromatic N) is 2. The summed E-state index contributed by atoms with van der Waals surface area (Å²) in [7, 11) is -4.07. The van der Waals surface area contributed by atoms with E-state index in [0.717, 1.165) is 23.2 Å². The van der Waals surface area contributed by atoms with Crippen molar-refractivity contribution < 1.29 is 22.7 Å². The maximum atomic E-state index is 13.8. The third-order valence-corrected chi connectivity index (χ3v) is 10.1. The molecular formula is C34H34N4O6S. The van der Waals surface area contributed by atoms with Crippen LogP contribution in [0, 0.1) is 12.8 Å². The lowest BCUT2D eigenvalue weighted by Gasteiger charge is -2.44. The molecule has 2 bridgehead atoms. The zero-order valence-corrected chi connectivity index (χ0v) is 25.7. The normalized spacial score (nSPS) is 18.6. The lowest BCUT2D eigenvalue weighted by molar-refractivity contribution is 0.0951. The van der Waals surface area contributed by atoms with E-state index in [1.165, 1.54) is 12.1 Å². The van der Waals surface area contributed by atoms with Crippen molar-refractivity contribution in [3.8, 4) is 11.5 Å². The summed E-state index contributed by atoms with van der Waals surface area (Å²) in [6.07, 6.45) is 0.956. The molecule has 3 aliphatic rings. The summed E-state index contributed by atoms with van der Waals surface area (Å²) in [6.45, 7) is 4.95. The van der Waals surface area contributed by atoms with Crippen LogP contribution in [0.15, 0.2) is 88.6 Å². The zero-order valence-electron chi connectivity index (χ0n) is 24.9. The Balaban J connectivity index is 1.21. The second-order valence-electron chi connectivity index (χ2n) is 11.9. The molecule has 0 unspecified atom stereocenters. The van der Waals surface area contributed by atoms with Crippen LogP contribution in [0.25, 0.3) is 0 Å². The smallest absolute Gasteiger partial charge is 0.262 e. The molecular weight excluding hydrogens is 592 g/mol. The number of aryl methyl sites for hydroxylation is 1. The van der Waals surface area contributed by atoms with Gasteiger partial charge in [0, 0.05) is 55.5 Å². The molecule has 0 saturated carbocycles. The first kappa shape index (κ1) is 29.0. The molecule has 0 aliphatic carbocycles. The summed E-state index contributed by atoms with van der Waals surface area (Å²) in [6, 6.07) is 22.9. The van der Waals surface area contributed by atoms with Crippen LogP contribution in [0.2, 0.25) is 0 Å². The number of fused-ring (bicyclic) bond motifs is 5. The van der Waals surface area contributed by atoms with E-state index in [1.54, 1.807) is 30.3 Å². The molecule has 11 heteroatoms. The number of piperidine rings is 1. The highest BCUT2D eigenvalue weighted by atomic mass is 32.2. The molecule has 45 heavy (non-hydrogen) atoms. The third kappa shape index (κ3) is 5.87. The first-order valence-electron chi connectivity index (χ1n) is 15.1. The van der Waals surface area contributed by atoms with Gasteiger partial charge in [-0.2, -0.15) is 0 Å². The Morgan fingerprint density at radius 3 is 2.53 bits per heavy atom. The summed E-state index contributed by atoms with van der Waals surface area (Å²) >= 11 is 0. The van der Waals surface area contributed by atoms with Gasteiger partial charge in [0.05, 0.1) is 16.3 Å². The third-order valence-electron chi connectivity index (χ3n) is 8.72. The van der Waals surface area contributed by atoms with Crippen LogP contribution >= 0.6 is 0 Å². The van der Waals surface area contributed by atoms with Gasteiger partial charge in [-0.1, -0.05) is 35.9 Å². The number of ether oxygens (including phenoxy) is 2. The van der Waals surface area contributed by atoms with Crippen LogP contribution < -0.4 is 30.0 Å². The highest BCUT2D eigenvalue weighted by Crippen LogP contribution is 2.40. The molecule has 3 aromatic carbocycles. The Bertz CT molecular complexity index is 1940. The number of rotatable bonds is 7. The summed E-state index contributed by atoms with van der Waals surface area (Å²) in [4.78, 5) is 28.0. The van der Waals surface area contributed by atoms with Gasteiger partial charge in [0.2, 0.25) is 0 Å². The summed E-state index contributed by atoms with van der Waals surface area (Å²) in [5, 5.41) is 2.95. The topological polar surface area (TPSA) is 119 Å². The quantitative estimate of drug-likeness (QED) is 0.314. The average molecular weight is 627 g/mol. The fraction of sp³-hybridized carbons (Fsp3) is 0.294. The number of sulfonamides is 1. The second kappa shape index (κ2) is 11.6. The van der Waals surface area contributed by atoms with Crippen molar-refractivity contribution in [3.05, 3.63) is 112 Å². The van der Waals surface area contributed by atoms with E-state index in [-0.39, 0.29) is 28.2 Å². The SMILES string of the molecule is Cc1ccc(CNC(=O)c2ccc(N3C[C@H]4C[C@@H](C3)c3cccc(=O)n3C4)c(NS(=O)(=O)c3ccc4c(c3)OCCO4)c2)cc1. The molecule has 7 rings (SSSR count). The predicted octanol–water partition coefficient (Wildman–Crippen LogP) is 4.28. The number of anilines is 2. The van der Waals surface area contributed by atoms with Crippen molar-refractivity contribution in [2.75, 3.05) is 35.9 Å². The van der Waals surface area contributed by atoms with Gasteiger partial charge < -0.3 is 24.3 Å². The monoisotopic (exact) mass is 626 g/mol. The fourth-order valence-electron chi connectivity index (χ4n) is 6.51. The van der Waals surface area contributed by atoms with Crippen molar-refractivity contribution >= 4 is 27.3 Å². The predicted molar refractivity (Wildman–Crippen MR) is 171 cm³/mol. The summed E-state index contributed by atoms with van der Waals surface area (Å²) in [5.74, 6) is 0.881. The van der Waals surface area contributed by atoms with E-state index in [2.05, 4.69) is 14.9 Å². The van der Waals surface area contributed by atoms with Gasteiger partial charge in [-0.25, -0.2) is 8.42 Å². The van der Waals surface area contributed by atoms with Gasteiger partial charge in [-0.05, 0) is 61.2 Å². The molecule has 4 aromatic rings. The Kier molecular flexibility index (Phi) is 7.48. The molecule has 0 spiro atoms. The van der Waals surface area contributed by atoms with Gasteiger partial charge in [0.15, 0.2) is 11.5 Å². The standard InChI is InChI=1S/C34H34N4O6S/c1-22-5-7-23(8-6-22)18-35-34(40)25-9-11-30(37-19-24-15-26(21-37)29-3-2-4-33(39)38(29)20-24)28(16-25)36-45(41,42)27-10-12-31-32(17-27)44-14-13-43-31/h2-12,16-17,24,26,36H,13-15,18-21H2,1H3,(H,35,40)/t24-,26+/m1/s1. The molecule has 232 valence electrons. The van der Waals surface area contributed by atoms with Gasteiger partial charge >= 0.3 is 0 Å². The number of hydrogen-bond acceptors (Lipinski definition) is 7. The number of carbonyl (C=O) groups excluding carboxylic acids is 1. The van der Waals surface area contributed by atoms with E-state index in [4.69, 9.17) is 9.47 Å². The second-order valence-corrected chi connectivity index (χ2v) is 13.6. The molecule has 4 heterocycles. The molecule has 3 aliphatic heterocycles. The number of benzene rings is 3. The van der Waals surface area contributed by atoms with Gasteiger partial charge in [-0.3, -0.25) is 14.3 Å². The van der Waals surface area contributed by atoms with Gasteiger partial charge in [-0.15, -0.1) is 0 Å². The van der Waals surface area contributed by atoms with E-state index < -0.39 is 10.0 Å². The number of hydrogen-bond donors (Lipinski definition) is 2. The van der Waals surface area contributed by atoms with Crippen LogP contribution in [0.1, 0.15) is 39.5 Å². The van der Waals surface area contributed by atoms with Crippen LogP contribution in [0.5, 0.6) is 11.5 Å². The van der Waals surface area contributed by atoms with E-state index in [1.807, 2.05) is 47.9 Å². The molecule has 2 atom stereocenters. The van der Waals surface area contributed by atoms with Crippen molar-refractivity contribution in [2.45, 2.75) is 37.2 Å². The van der Waals surface area contributed by atoms with Crippen molar-refractivity contribution in [1.82, 2.24) is 9.88 Å². The minimum absolute atomic E-state index is 0.00420. The highest BCUT2D eigenvalue weighted by Gasteiger charge is 2.35. The molecule has 2 N–H and O–H groups in total. The van der Waals surface area contributed by atoms with E-state index in [9.17, 15) is 18.0 Å². The highest BCUT2D eigenvalue weighted by molar-refractivity contribution is 7.92. The molecule has 1 amide bonds. The Labute approximate surface area is 261 Å². The lowest BCUT2D eigenvalue weighted by Crippen LogP contribution is -2.47. The van der Waals surface area contributed by atoms with Crippen molar-refractivity contribution in [3.63, 3.8) is 0 Å². The number of carbonyl (C=O) groups is 1. The number of aromatic nitrogens is 1. The Morgan fingerprint density at radius 1 is 0.911 bits per heavy atom. The van der Waals surface area contributed by atoms with Crippen LogP contribution in [0.3, 0.4) is 0 Å². The Hall–Kier alpha value is -4.77. The minimum atomic E-state index is -4.07. The minimum Gasteiger partial charge on any atom is -0.486 e. The van der Waals surface area contributed by atoms with Gasteiger partial charge in [0.25, 0.3) is 21.5 Å². The molecule has 1 saturated heterocycles. The summed E-state index contributed by atoms with van der Waals surface area (Å²) < 4.78 is 43.4. The largest absolute Gasteiger partial charge is 0.486 e. The average Bonchev–Trinajstić information content (AvgIpc) is 3.04. The molecule has 10 nitrogen and oxygen atoms in total. The molecule has 1 fully saturated rings. The lowest BCUT2D eigenvalue weighted by atomic mass is 9.83. The number of nitrogens with one attached hydrogen (secondary N) is 2.